The number of fused-ring (bicyclic) bond motifs is 1. The number of aromatic nitrogens is 2. The van der Waals surface area contributed by atoms with Gasteiger partial charge < -0.3 is 14.9 Å². The second-order valence-corrected chi connectivity index (χ2v) is 7.92. The third kappa shape index (κ3) is 4.01. The van der Waals surface area contributed by atoms with Gasteiger partial charge >= 0.3 is 0 Å². The first-order chi connectivity index (χ1) is 16.1. The molecular formula is C26H22N4O3. The molecule has 1 N–H and O–H groups in total. The summed E-state index contributed by atoms with van der Waals surface area (Å²) in [5.41, 5.74) is 3.14. The van der Waals surface area contributed by atoms with E-state index in [9.17, 15) is 14.7 Å². The van der Waals surface area contributed by atoms with Crippen LogP contribution >= 0.6 is 0 Å². The van der Waals surface area contributed by atoms with Gasteiger partial charge in [0, 0.05) is 49.5 Å². The topological polar surface area (TPSA) is 86.6 Å². The summed E-state index contributed by atoms with van der Waals surface area (Å²) in [6, 6.07) is 19.7. The molecule has 2 amide bonds. The smallest absolute Gasteiger partial charge is 0.257 e. The van der Waals surface area contributed by atoms with Crippen LogP contribution in [-0.4, -0.2) is 62.9 Å². The minimum Gasteiger partial charge on any atom is -0.507 e. The summed E-state index contributed by atoms with van der Waals surface area (Å²) >= 11 is 0. The highest BCUT2D eigenvalue weighted by Gasteiger charge is 2.27. The van der Waals surface area contributed by atoms with E-state index in [4.69, 9.17) is 4.98 Å². The SMILES string of the molecule is O=C(c1ccccc1O)N1CCN(C(=O)c2cc(-c3cccnc3)nc3ccccc23)CC1. The molecule has 0 atom stereocenters. The predicted octanol–water partition coefficient (Wildman–Crippen LogP) is 3.60. The average Bonchev–Trinajstić information content (AvgIpc) is 2.88. The lowest BCUT2D eigenvalue weighted by Crippen LogP contribution is -2.50. The number of aromatic hydroxyl groups is 1. The number of carbonyl (C=O) groups excluding carboxylic acids is 2. The van der Waals surface area contributed by atoms with Gasteiger partial charge in [0.25, 0.3) is 11.8 Å². The molecule has 1 aliphatic heterocycles. The van der Waals surface area contributed by atoms with E-state index < -0.39 is 0 Å². The number of hydrogen-bond donors (Lipinski definition) is 1. The molecule has 2 aromatic carbocycles. The Balaban J connectivity index is 1.40. The van der Waals surface area contributed by atoms with E-state index in [1.54, 1.807) is 40.4 Å². The van der Waals surface area contributed by atoms with Crippen molar-refractivity contribution in [1.82, 2.24) is 19.8 Å². The van der Waals surface area contributed by atoms with E-state index in [-0.39, 0.29) is 23.1 Å². The minimum absolute atomic E-state index is 0.0350. The fourth-order valence-corrected chi connectivity index (χ4v) is 4.12. The van der Waals surface area contributed by atoms with Crippen molar-refractivity contribution in [2.24, 2.45) is 0 Å². The minimum atomic E-state index is -0.228. The largest absolute Gasteiger partial charge is 0.507 e. The van der Waals surface area contributed by atoms with Gasteiger partial charge in [-0.3, -0.25) is 14.6 Å². The van der Waals surface area contributed by atoms with Crippen molar-refractivity contribution in [2.75, 3.05) is 26.2 Å². The summed E-state index contributed by atoms with van der Waals surface area (Å²) in [7, 11) is 0. The molecule has 1 aliphatic rings. The molecule has 33 heavy (non-hydrogen) atoms. The molecule has 0 radical (unpaired) electrons. The molecular weight excluding hydrogens is 416 g/mol. The standard InChI is InChI=1S/C26H22N4O3/c31-24-10-4-2-8-20(24)25(32)29-12-14-30(15-13-29)26(33)21-16-23(18-6-5-11-27-17-18)28-22-9-3-1-7-19(21)22/h1-11,16-17,31H,12-15H2. The molecule has 7 nitrogen and oxygen atoms in total. The average molecular weight is 438 g/mol. The first-order valence-electron chi connectivity index (χ1n) is 10.8. The van der Waals surface area contributed by atoms with E-state index in [2.05, 4.69) is 4.98 Å². The first-order valence-corrected chi connectivity index (χ1v) is 10.8. The van der Waals surface area contributed by atoms with Crippen molar-refractivity contribution in [3.8, 4) is 17.0 Å². The molecule has 164 valence electrons. The summed E-state index contributed by atoms with van der Waals surface area (Å²) in [6.07, 6.45) is 3.43. The number of phenols is 1. The molecule has 0 aliphatic carbocycles. The maximum absolute atomic E-state index is 13.5. The Morgan fingerprint density at radius 3 is 2.15 bits per heavy atom. The van der Waals surface area contributed by atoms with Crippen molar-refractivity contribution >= 4 is 22.7 Å². The highest BCUT2D eigenvalue weighted by molar-refractivity contribution is 6.07. The summed E-state index contributed by atoms with van der Waals surface area (Å²) in [6.45, 7) is 1.63. The second-order valence-electron chi connectivity index (χ2n) is 7.92. The van der Waals surface area contributed by atoms with Crippen molar-refractivity contribution in [3.63, 3.8) is 0 Å². The van der Waals surface area contributed by atoms with Gasteiger partial charge in [0.15, 0.2) is 0 Å². The van der Waals surface area contributed by atoms with Crippen LogP contribution in [0.15, 0.2) is 79.1 Å². The Hall–Kier alpha value is -4.26. The Kier molecular flexibility index (Phi) is 5.44. The van der Waals surface area contributed by atoms with Crippen LogP contribution in [0.3, 0.4) is 0 Å². The Labute approximate surface area is 190 Å². The first kappa shape index (κ1) is 20.6. The predicted molar refractivity (Wildman–Crippen MR) is 125 cm³/mol. The zero-order valence-electron chi connectivity index (χ0n) is 17.9. The third-order valence-corrected chi connectivity index (χ3v) is 5.89. The maximum Gasteiger partial charge on any atom is 0.257 e. The van der Waals surface area contributed by atoms with Crippen molar-refractivity contribution in [3.05, 3.63) is 90.3 Å². The summed E-state index contributed by atoms with van der Waals surface area (Å²) in [5, 5.41) is 10.8. The number of amides is 2. The number of hydrogen-bond acceptors (Lipinski definition) is 5. The van der Waals surface area contributed by atoms with Crippen LogP contribution < -0.4 is 0 Å². The van der Waals surface area contributed by atoms with Crippen molar-refractivity contribution in [1.29, 1.82) is 0 Å². The normalized spacial score (nSPS) is 13.8. The Bertz CT molecular complexity index is 1330. The molecule has 4 aromatic rings. The number of benzene rings is 2. The molecule has 0 spiro atoms. The lowest BCUT2D eigenvalue weighted by Gasteiger charge is -2.35. The van der Waals surface area contributed by atoms with Crippen LogP contribution in [0.4, 0.5) is 0 Å². The van der Waals surface area contributed by atoms with Crippen LogP contribution in [0.1, 0.15) is 20.7 Å². The molecule has 0 bridgehead atoms. The highest BCUT2D eigenvalue weighted by atomic mass is 16.3. The van der Waals surface area contributed by atoms with Crippen molar-refractivity contribution < 1.29 is 14.7 Å². The third-order valence-electron chi connectivity index (χ3n) is 5.89. The quantitative estimate of drug-likeness (QED) is 0.528. The number of phenolic OH excluding ortho intramolecular Hbond substituents is 1. The van der Waals surface area contributed by atoms with Gasteiger partial charge in [-0.1, -0.05) is 30.3 Å². The number of rotatable bonds is 3. The zero-order chi connectivity index (χ0) is 22.8. The van der Waals surface area contributed by atoms with E-state index in [1.165, 1.54) is 6.07 Å². The molecule has 1 saturated heterocycles. The molecule has 3 heterocycles. The summed E-state index contributed by atoms with van der Waals surface area (Å²) in [5.74, 6) is -0.353. The van der Waals surface area contributed by atoms with Crippen LogP contribution in [0.5, 0.6) is 5.75 Å². The lowest BCUT2D eigenvalue weighted by molar-refractivity contribution is 0.0534. The molecule has 0 unspecified atom stereocenters. The highest BCUT2D eigenvalue weighted by Crippen LogP contribution is 2.26. The van der Waals surface area contributed by atoms with Gasteiger partial charge in [-0.25, -0.2) is 4.98 Å². The van der Waals surface area contributed by atoms with Gasteiger partial charge in [0.1, 0.15) is 5.75 Å². The Morgan fingerprint density at radius 2 is 1.45 bits per heavy atom. The van der Waals surface area contributed by atoms with Crippen LogP contribution in [0.25, 0.3) is 22.2 Å². The van der Waals surface area contributed by atoms with E-state index in [1.807, 2.05) is 42.5 Å². The lowest BCUT2D eigenvalue weighted by atomic mass is 10.0. The van der Waals surface area contributed by atoms with Crippen LogP contribution in [-0.2, 0) is 0 Å². The number of nitrogens with zero attached hydrogens (tertiary/aromatic N) is 4. The van der Waals surface area contributed by atoms with E-state index >= 15 is 0 Å². The zero-order valence-corrected chi connectivity index (χ0v) is 17.9. The molecule has 2 aromatic heterocycles. The molecule has 0 saturated carbocycles. The van der Waals surface area contributed by atoms with E-state index in [0.717, 1.165) is 16.5 Å². The molecule has 1 fully saturated rings. The second kappa shape index (κ2) is 8.70. The van der Waals surface area contributed by atoms with Crippen LogP contribution in [0.2, 0.25) is 0 Å². The maximum atomic E-state index is 13.5. The summed E-state index contributed by atoms with van der Waals surface area (Å²) in [4.78, 5) is 38.7. The van der Waals surface area contributed by atoms with Gasteiger partial charge in [-0.2, -0.15) is 0 Å². The van der Waals surface area contributed by atoms with Gasteiger partial charge in [0.2, 0.25) is 0 Å². The number of para-hydroxylation sites is 2. The number of carbonyl (C=O) groups is 2. The molecule has 7 heteroatoms. The molecule has 5 rings (SSSR count). The van der Waals surface area contributed by atoms with E-state index in [0.29, 0.717) is 37.4 Å². The number of piperazine rings is 1. The van der Waals surface area contributed by atoms with Gasteiger partial charge in [-0.05, 0) is 36.4 Å². The fraction of sp³-hybridized carbons (Fsp3) is 0.154. The van der Waals surface area contributed by atoms with Gasteiger partial charge in [-0.15, -0.1) is 0 Å². The monoisotopic (exact) mass is 438 g/mol. The number of pyridine rings is 2. The summed E-state index contributed by atoms with van der Waals surface area (Å²) < 4.78 is 0. The van der Waals surface area contributed by atoms with Gasteiger partial charge in [0.05, 0.1) is 22.3 Å². The van der Waals surface area contributed by atoms with Crippen LogP contribution in [0, 0.1) is 0 Å². The Morgan fingerprint density at radius 1 is 0.788 bits per heavy atom. The fourth-order valence-electron chi connectivity index (χ4n) is 4.12. The van der Waals surface area contributed by atoms with Crippen molar-refractivity contribution in [2.45, 2.75) is 0 Å².